The van der Waals surface area contributed by atoms with Crippen molar-refractivity contribution in [1.82, 2.24) is 14.3 Å². The van der Waals surface area contributed by atoms with E-state index in [2.05, 4.69) is 45.0 Å². The Morgan fingerprint density at radius 1 is 0.805 bits per heavy atom. The van der Waals surface area contributed by atoms with Crippen molar-refractivity contribution < 1.29 is 14.6 Å². The van der Waals surface area contributed by atoms with Gasteiger partial charge in [-0.1, -0.05) is 87.0 Å². The number of carboxylic acid groups (broad SMARTS) is 1. The number of aromatic nitrogens is 3. The van der Waals surface area contributed by atoms with E-state index in [9.17, 15) is 14.7 Å². The maximum absolute atomic E-state index is 13.5. The van der Waals surface area contributed by atoms with Crippen molar-refractivity contribution in [3.05, 3.63) is 117 Å². The maximum atomic E-state index is 13.5. The second kappa shape index (κ2) is 12.2. The molecule has 0 fully saturated rings. The molecule has 0 aliphatic carbocycles. The summed E-state index contributed by atoms with van der Waals surface area (Å²) in [6.07, 6.45) is 2.26. The molecule has 0 atom stereocenters. The molecule has 4 rings (SSSR count). The lowest BCUT2D eigenvalue weighted by molar-refractivity contribution is -0.152. The van der Waals surface area contributed by atoms with Crippen molar-refractivity contribution in [2.45, 2.75) is 84.9 Å². The van der Waals surface area contributed by atoms with Crippen LogP contribution in [0.3, 0.4) is 0 Å². The minimum atomic E-state index is -1.30. The molecule has 7 heteroatoms. The topological polar surface area (TPSA) is 86.3 Å². The zero-order chi connectivity index (χ0) is 29.8. The second-order valence-corrected chi connectivity index (χ2v) is 12.3. The molecule has 0 aliphatic heterocycles. The Morgan fingerprint density at radius 2 is 1.37 bits per heavy atom. The zero-order valence-electron chi connectivity index (χ0n) is 25.0. The number of aryl methyl sites for hydroxylation is 3. The molecular weight excluding hydrogens is 514 g/mol. The Bertz CT molecular complexity index is 1520. The summed E-state index contributed by atoms with van der Waals surface area (Å²) in [4.78, 5) is 24.9. The number of hydrogen-bond donors (Lipinski definition) is 1. The van der Waals surface area contributed by atoms with Crippen LogP contribution in [0.2, 0.25) is 0 Å². The fourth-order valence-electron chi connectivity index (χ4n) is 4.60. The predicted octanol–water partition coefficient (Wildman–Crippen LogP) is 6.16. The van der Waals surface area contributed by atoms with Crippen LogP contribution >= 0.6 is 0 Å². The fraction of sp³-hybridized carbons (Fsp3) is 0.382. The number of nitrogens with zero attached hydrogens (tertiary/aromatic N) is 3. The molecule has 1 heterocycles. The van der Waals surface area contributed by atoms with E-state index in [0.717, 1.165) is 35.4 Å². The largest absolute Gasteiger partial charge is 0.478 e. The summed E-state index contributed by atoms with van der Waals surface area (Å²) in [7, 11) is 0. The second-order valence-electron chi connectivity index (χ2n) is 12.3. The van der Waals surface area contributed by atoms with Crippen LogP contribution in [0.15, 0.2) is 77.6 Å². The summed E-state index contributed by atoms with van der Waals surface area (Å²) in [6.45, 7) is 12.6. The number of aliphatic carboxylic acids is 1. The van der Waals surface area contributed by atoms with E-state index in [1.807, 2.05) is 43.3 Å². The van der Waals surface area contributed by atoms with Crippen LogP contribution in [-0.2, 0) is 36.1 Å². The van der Waals surface area contributed by atoms with Crippen molar-refractivity contribution in [3.63, 3.8) is 0 Å². The van der Waals surface area contributed by atoms with Gasteiger partial charge in [0, 0.05) is 6.42 Å². The van der Waals surface area contributed by atoms with Crippen LogP contribution in [0.25, 0.3) is 0 Å². The van der Waals surface area contributed by atoms with E-state index in [1.54, 1.807) is 21.4 Å². The molecule has 0 spiro atoms. The van der Waals surface area contributed by atoms with Gasteiger partial charge < -0.3 is 9.84 Å². The Kier molecular flexibility index (Phi) is 8.86. The summed E-state index contributed by atoms with van der Waals surface area (Å²) in [6, 6.07) is 24.2. The van der Waals surface area contributed by atoms with Gasteiger partial charge in [0.1, 0.15) is 11.6 Å². The van der Waals surface area contributed by atoms with Crippen LogP contribution in [-0.4, -0.2) is 31.0 Å². The summed E-state index contributed by atoms with van der Waals surface area (Å²) in [5.41, 5.74) is 4.31. The average molecular weight is 556 g/mol. The van der Waals surface area contributed by atoms with Gasteiger partial charge in [-0.05, 0) is 73.4 Å². The van der Waals surface area contributed by atoms with Gasteiger partial charge in [-0.15, -0.1) is 0 Å². The molecule has 41 heavy (non-hydrogen) atoms. The van der Waals surface area contributed by atoms with Crippen LogP contribution < -0.4 is 10.4 Å². The minimum absolute atomic E-state index is 0.0657. The van der Waals surface area contributed by atoms with Crippen molar-refractivity contribution in [2.24, 2.45) is 0 Å². The first-order valence-electron chi connectivity index (χ1n) is 14.1. The lowest BCUT2D eigenvalue weighted by Crippen LogP contribution is -2.37. The molecule has 7 nitrogen and oxygen atoms in total. The molecule has 3 aromatic carbocycles. The van der Waals surface area contributed by atoms with Crippen molar-refractivity contribution in [3.8, 4) is 5.75 Å². The monoisotopic (exact) mass is 555 g/mol. The highest BCUT2D eigenvalue weighted by Crippen LogP contribution is 2.23. The summed E-state index contributed by atoms with van der Waals surface area (Å²) in [5.74, 6) is 0.270. The third-order valence-electron chi connectivity index (χ3n) is 7.29. The molecule has 1 aromatic heterocycles. The third-order valence-corrected chi connectivity index (χ3v) is 7.29. The van der Waals surface area contributed by atoms with Gasteiger partial charge >= 0.3 is 11.7 Å². The highest BCUT2D eigenvalue weighted by Gasteiger charge is 2.29. The molecule has 216 valence electrons. The molecule has 0 unspecified atom stereocenters. The van der Waals surface area contributed by atoms with Gasteiger partial charge in [0.15, 0.2) is 5.60 Å². The van der Waals surface area contributed by atoms with Gasteiger partial charge in [0.05, 0.1) is 13.1 Å². The summed E-state index contributed by atoms with van der Waals surface area (Å²) < 4.78 is 8.98. The van der Waals surface area contributed by atoms with Gasteiger partial charge in [0.25, 0.3) is 0 Å². The highest BCUT2D eigenvalue weighted by atomic mass is 16.5. The number of carbonyl (C=O) groups is 1. The molecule has 0 bridgehead atoms. The fourth-order valence-corrected chi connectivity index (χ4v) is 4.60. The Labute approximate surface area is 242 Å². The van der Waals surface area contributed by atoms with Gasteiger partial charge in [-0.25, -0.2) is 14.3 Å². The maximum Gasteiger partial charge on any atom is 0.347 e. The molecule has 1 N–H and O–H groups in total. The highest BCUT2D eigenvalue weighted by molar-refractivity contribution is 5.76. The predicted molar refractivity (Wildman–Crippen MR) is 162 cm³/mol. The Balaban J connectivity index is 1.50. The third kappa shape index (κ3) is 7.75. The van der Waals surface area contributed by atoms with E-state index in [0.29, 0.717) is 25.3 Å². The SMILES string of the molecule is Cc1ccc(Cn2nc(CCCc3ccc(OC(C)(C)C(=O)O)cc3)n(Cc3ccc(C(C)(C)C)cc3)c2=O)cc1. The van der Waals surface area contributed by atoms with Crippen LogP contribution in [0.4, 0.5) is 0 Å². The smallest absolute Gasteiger partial charge is 0.347 e. The number of benzene rings is 3. The van der Waals surface area contributed by atoms with Crippen LogP contribution in [0.5, 0.6) is 5.75 Å². The number of rotatable bonds is 11. The quantitative estimate of drug-likeness (QED) is 0.239. The molecule has 0 saturated heterocycles. The molecule has 0 aliphatic rings. The minimum Gasteiger partial charge on any atom is -0.478 e. The van der Waals surface area contributed by atoms with Crippen molar-refractivity contribution in [2.75, 3.05) is 0 Å². The van der Waals surface area contributed by atoms with E-state index >= 15 is 0 Å². The van der Waals surface area contributed by atoms with Crippen LogP contribution in [0.1, 0.15) is 74.7 Å². The average Bonchev–Trinajstić information content (AvgIpc) is 3.19. The standard InChI is InChI=1S/C34H41N3O4/c1-24-10-12-27(13-11-24)23-37-32(40)36(22-26-14-18-28(19-15-26)33(2,3)4)30(35-37)9-7-8-25-16-20-29(21-17-25)41-34(5,6)31(38)39/h10-21H,7-9,22-23H2,1-6H3,(H,38,39). The van der Waals surface area contributed by atoms with Crippen molar-refractivity contribution >= 4 is 5.97 Å². The normalized spacial score (nSPS) is 12.0. The lowest BCUT2D eigenvalue weighted by Gasteiger charge is -2.21. The van der Waals surface area contributed by atoms with Gasteiger partial charge in [-0.2, -0.15) is 5.10 Å². The van der Waals surface area contributed by atoms with E-state index in [1.165, 1.54) is 25.0 Å². The Hall–Kier alpha value is -4.13. The van der Waals surface area contributed by atoms with Crippen LogP contribution in [0, 0.1) is 6.92 Å². The van der Waals surface area contributed by atoms with E-state index in [-0.39, 0.29) is 11.1 Å². The van der Waals surface area contributed by atoms with Gasteiger partial charge in [-0.3, -0.25) is 4.57 Å². The number of hydrogen-bond acceptors (Lipinski definition) is 4. The first-order valence-corrected chi connectivity index (χ1v) is 14.1. The first-order chi connectivity index (χ1) is 19.3. The number of carboxylic acids is 1. The number of ether oxygens (including phenoxy) is 1. The molecule has 0 saturated carbocycles. The van der Waals surface area contributed by atoms with E-state index in [4.69, 9.17) is 9.84 Å². The Morgan fingerprint density at radius 3 is 1.95 bits per heavy atom. The molecule has 4 aromatic rings. The summed E-state index contributed by atoms with van der Waals surface area (Å²) in [5, 5.41) is 14.1. The van der Waals surface area contributed by atoms with Gasteiger partial charge in [0.2, 0.25) is 0 Å². The first kappa shape index (κ1) is 29.8. The summed E-state index contributed by atoms with van der Waals surface area (Å²) >= 11 is 0. The van der Waals surface area contributed by atoms with E-state index < -0.39 is 11.6 Å². The lowest BCUT2D eigenvalue weighted by atomic mass is 9.87. The molecular formula is C34H41N3O4. The molecule has 0 radical (unpaired) electrons. The zero-order valence-corrected chi connectivity index (χ0v) is 25.0. The molecule has 0 amide bonds. The van der Waals surface area contributed by atoms with Crippen molar-refractivity contribution in [1.29, 1.82) is 0 Å².